The monoisotopic (exact) mass is 476 g/mol. The second-order valence-corrected chi connectivity index (χ2v) is 11.0. The molecule has 0 N–H and O–H groups in total. The van der Waals surface area contributed by atoms with E-state index in [1.165, 1.54) is 24.0 Å². The van der Waals surface area contributed by atoms with E-state index in [1.54, 1.807) is 6.33 Å². The lowest BCUT2D eigenvalue weighted by Crippen LogP contribution is -2.59. The van der Waals surface area contributed by atoms with Crippen molar-refractivity contribution >= 4 is 22.9 Å². The largest absolute Gasteiger partial charge is 0.444 e. The average molecular weight is 477 g/mol. The molecule has 1 amide bonds. The number of fused-ring (bicyclic) bond motifs is 1. The average Bonchev–Trinajstić information content (AvgIpc) is 3.58. The highest BCUT2D eigenvalue weighted by Crippen LogP contribution is 2.46. The van der Waals surface area contributed by atoms with E-state index in [2.05, 4.69) is 53.6 Å². The molecular formula is C27H36N6O2. The number of carbonyl (C=O) groups is 1. The first kappa shape index (κ1) is 23.6. The number of ether oxygens (including phenoxy) is 1. The predicted octanol–water partition coefficient (Wildman–Crippen LogP) is 5.09. The Hall–Kier alpha value is -3.16. The van der Waals surface area contributed by atoms with Gasteiger partial charge in [-0.15, -0.1) is 0 Å². The van der Waals surface area contributed by atoms with Crippen LogP contribution in [-0.2, 0) is 11.2 Å². The van der Waals surface area contributed by atoms with Crippen LogP contribution in [0, 0.1) is 0 Å². The van der Waals surface area contributed by atoms with Crippen LogP contribution in [0.3, 0.4) is 0 Å². The molecule has 0 bridgehead atoms. The van der Waals surface area contributed by atoms with E-state index in [4.69, 9.17) is 14.7 Å². The maximum Gasteiger partial charge on any atom is 0.410 e. The number of carbonyl (C=O) groups excluding carboxylic acids is 1. The number of anilines is 1. The first-order valence-corrected chi connectivity index (χ1v) is 12.7. The van der Waals surface area contributed by atoms with E-state index in [-0.39, 0.29) is 18.2 Å². The summed E-state index contributed by atoms with van der Waals surface area (Å²) in [7, 11) is 0. The summed E-state index contributed by atoms with van der Waals surface area (Å²) in [6, 6.07) is 4.29. The molecule has 3 aromatic rings. The highest BCUT2D eigenvalue weighted by molar-refractivity contribution is 5.93. The number of hydrogen-bond donors (Lipinski definition) is 0. The number of pyridine rings is 1. The SMILES string of the molecule is CCc1ccnc(-n2cc(C3CC3)c3c(N4C[C@H](C)N(C(=O)OC(C)(C)C)CC4C)ncnc32)c1. The van der Waals surface area contributed by atoms with Crippen molar-refractivity contribution in [1.82, 2.24) is 24.4 Å². The number of amides is 1. The lowest BCUT2D eigenvalue weighted by Gasteiger charge is -2.44. The molecule has 2 atom stereocenters. The highest BCUT2D eigenvalue weighted by Gasteiger charge is 2.37. The van der Waals surface area contributed by atoms with Crippen LogP contribution in [0.2, 0.25) is 0 Å². The fourth-order valence-corrected chi connectivity index (χ4v) is 4.98. The molecule has 5 rings (SSSR count). The molecule has 1 saturated carbocycles. The summed E-state index contributed by atoms with van der Waals surface area (Å²) in [6.07, 6.45) is 8.83. The van der Waals surface area contributed by atoms with Crippen LogP contribution in [0.25, 0.3) is 16.9 Å². The van der Waals surface area contributed by atoms with Gasteiger partial charge in [0.15, 0.2) is 5.65 Å². The summed E-state index contributed by atoms with van der Waals surface area (Å²) in [6.45, 7) is 13.4. The van der Waals surface area contributed by atoms with Crippen LogP contribution in [0.5, 0.6) is 0 Å². The number of hydrogen-bond acceptors (Lipinski definition) is 6. The standard InChI is InChI=1S/C27H36N6O2/c1-7-19-10-11-28-22(12-19)33-15-21(20-8-9-20)23-24(29-16-30-25(23)33)31-13-18(3)32(14-17(31)2)26(34)35-27(4,5)6/h10-12,15-18,20H,7-9,13-14H2,1-6H3/t17?,18-/m0/s1. The Morgan fingerprint density at radius 1 is 1.11 bits per heavy atom. The summed E-state index contributed by atoms with van der Waals surface area (Å²) in [5.41, 5.74) is 2.93. The van der Waals surface area contributed by atoms with Gasteiger partial charge < -0.3 is 14.5 Å². The normalized spacial score (nSPS) is 21.0. The topological polar surface area (TPSA) is 76.4 Å². The molecule has 1 aliphatic heterocycles. The van der Waals surface area contributed by atoms with Gasteiger partial charge >= 0.3 is 6.09 Å². The molecule has 8 nitrogen and oxygen atoms in total. The van der Waals surface area contributed by atoms with Gasteiger partial charge in [0.05, 0.1) is 5.39 Å². The first-order chi connectivity index (χ1) is 16.7. The summed E-state index contributed by atoms with van der Waals surface area (Å²) in [5.74, 6) is 2.38. The van der Waals surface area contributed by atoms with E-state index < -0.39 is 5.60 Å². The van der Waals surface area contributed by atoms with Gasteiger partial charge in [-0.2, -0.15) is 0 Å². The Kier molecular flexibility index (Phi) is 5.93. The number of rotatable bonds is 4. The Morgan fingerprint density at radius 2 is 1.89 bits per heavy atom. The van der Waals surface area contributed by atoms with Crippen LogP contribution >= 0.6 is 0 Å². The third-order valence-corrected chi connectivity index (χ3v) is 6.96. The molecule has 0 radical (unpaired) electrons. The van der Waals surface area contributed by atoms with Crippen LogP contribution in [0.15, 0.2) is 30.9 Å². The highest BCUT2D eigenvalue weighted by atomic mass is 16.6. The Labute approximate surface area is 207 Å². The van der Waals surface area contributed by atoms with Gasteiger partial charge in [-0.25, -0.2) is 19.7 Å². The molecule has 186 valence electrons. The van der Waals surface area contributed by atoms with Crippen LogP contribution in [0.1, 0.15) is 71.4 Å². The quantitative estimate of drug-likeness (QED) is 0.522. The fraction of sp³-hybridized carbons (Fsp3) is 0.556. The molecule has 1 unspecified atom stereocenters. The van der Waals surface area contributed by atoms with Crippen molar-refractivity contribution in [3.05, 3.63) is 42.0 Å². The molecule has 0 spiro atoms. The van der Waals surface area contributed by atoms with Gasteiger partial charge in [0.2, 0.25) is 0 Å². The summed E-state index contributed by atoms with van der Waals surface area (Å²) in [4.78, 5) is 31.2. The van der Waals surface area contributed by atoms with Crippen molar-refractivity contribution in [3.8, 4) is 5.82 Å². The molecule has 8 heteroatoms. The zero-order chi connectivity index (χ0) is 24.9. The second kappa shape index (κ2) is 8.81. The molecule has 4 heterocycles. The van der Waals surface area contributed by atoms with Gasteiger partial charge in [-0.1, -0.05) is 6.92 Å². The summed E-state index contributed by atoms with van der Waals surface area (Å²) < 4.78 is 7.79. The third-order valence-electron chi connectivity index (χ3n) is 6.96. The van der Waals surface area contributed by atoms with E-state index >= 15 is 0 Å². The van der Waals surface area contributed by atoms with Crippen molar-refractivity contribution in [2.45, 2.75) is 84.4 Å². The van der Waals surface area contributed by atoms with Crippen molar-refractivity contribution in [2.75, 3.05) is 18.0 Å². The smallest absolute Gasteiger partial charge is 0.410 e. The number of aromatic nitrogens is 4. The zero-order valence-electron chi connectivity index (χ0n) is 21.7. The molecule has 2 aliphatic rings. The van der Waals surface area contributed by atoms with Crippen molar-refractivity contribution in [3.63, 3.8) is 0 Å². The second-order valence-electron chi connectivity index (χ2n) is 11.0. The van der Waals surface area contributed by atoms with Gasteiger partial charge in [0, 0.05) is 37.6 Å². The van der Waals surface area contributed by atoms with Crippen molar-refractivity contribution in [1.29, 1.82) is 0 Å². The van der Waals surface area contributed by atoms with E-state index in [1.807, 2.05) is 31.9 Å². The maximum absolute atomic E-state index is 12.8. The minimum Gasteiger partial charge on any atom is -0.444 e. The fourth-order valence-electron chi connectivity index (χ4n) is 4.98. The number of piperazine rings is 1. The first-order valence-electron chi connectivity index (χ1n) is 12.7. The summed E-state index contributed by atoms with van der Waals surface area (Å²) >= 11 is 0. The van der Waals surface area contributed by atoms with Crippen LogP contribution in [0.4, 0.5) is 10.6 Å². The van der Waals surface area contributed by atoms with Crippen LogP contribution < -0.4 is 4.90 Å². The minimum atomic E-state index is -0.513. The van der Waals surface area contributed by atoms with Gasteiger partial charge in [-0.3, -0.25) is 4.57 Å². The van der Waals surface area contributed by atoms with Gasteiger partial charge in [0.25, 0.3) is 0 Å². The van der Waals surface area contributed by atoms with Gasteiger partial charge in [0.1, 0.15) is 23.6 Å². The van der Waals surface area contributed by atoms with Crippen molar-refractivity contribution in [2.24, 2.45) is 0 Å². The molecule has 3 aromatic heterocycles. The van der Waals surface area contributed by atoms with Crippen LogP contribution in [-0.4, -0.2) is 61.3 Å². The lowest BCUT2D eigenvalue weighted by molar-refractivity contribution is 0.0130. The maximum atomic E-state index is 12.8. The van der Waals surface area contributed by atoms with E-state index in [0.717, 1.165) is 29.1 Å². The Morgan fingerprint density at radius 3 is 2.57 bits per heavy atom. The lowest BCUT2D eigenvalue weighted by atomic mass is 10.1. The molecule has 35 heavy (non-hydrogen) atoms. The molecule has 1 aliphatic carbocycles. The molecular weight excluding hydrogens is 440 g/mol. The summed E-state index contributed by atoms with van der Waals surface area (Å²) in [5, 5.41) is 1.11. The third kappa shape index (κ3) is 4.58. The van der Waals surface area contributed by atoms with E-state index in [9.17, 15) is 4.79 Å². The molecule has 1 saturated heterocycles. The van der Waals surface area contributed by atoms with E-state index in [0.29, 0.717) is 19.0 Å². The Balaban J connectivity index is 1.53. The minimum absolute atomic E-state index is 0.000397. The Bertz CT molecular complexity index is 1240. The number of aryl methyl sites for hydroxylation is 1. The van der Waals surface area contributed by atoms with Crippen molar-refractivity contribution < 1.29 is 9.53 Å². The molecule has 0 aromatic carbocycles. The number of nitrogens with zero attached hydrogens (tertiary/aromatic N) is 6. The zero-order valence-corrected chi connectivity index (χ0v) is 21.7. The van der Waals surface area contributed by atoms with Gasteiger partial charge in [-0.05, 0) is 83.1 Å². The molecule has 2 fully saturated rings. The predicted molar refractivity (Wildman–Crippen MR) is 137 cm³/mol.